The molecule has 0 aliphatic carbocycles. The number of allylic oxidation sites excluding steroid dienone is 2. The Morgan fingerprint density at radius 1 is 1.15 bits per heavy atom. The maximum Gasteiger partial charge on any atom is 0.0633 e. The third kappa shape index (κ3) is 5.62. The van der Waals surface area contributed by atoms with Gasteiger partial charge in [-0.3, -0.25) is 0 Å². The van der Waals surface area contributed by atoms with Gasteiger partial charge in [-0.1, -0.05) is 61.9 Å². The summed E-state index contributed by atoms with van der Waals surface area (Å²) in [4.78, 5) is 2.33. The number of anilines is 2. The highest BCUT2D eigenvalue weighted by Crippen LogP contribution is 2.23. The van der Waals surface area contributed by atoms with Crippen molar-refractivity contribution >= 4 is 23.2 Å². The van der Waals surface area contributed by atoms with Gasteiger partial charge in [-0.2, -0.15) is 0 Å². The third-order valence-electron chi connectivity index (χ3n) is 4.28. The van der Waals surface area contributed by atoms with Crippen LogP contribution in [-0.2, 0) is 0 Å². The van der Waals surface area contributed by atoms with Crippen molar-refractivity contribution < 1.29 is 0 Å². The van der Waals surface area contributed by atoms with Crippen LogP contribution in [-0.4, -0.2) is 18.8 Å². The van der Waals surface area contributed by atoms with Crippen molar-refractivity contribution in [2.24, 2.45) is 0 Å². The summed E-state index contributed by atoms with van der Waals surface area (Å²) in [7, 11) is 0. The van der Waals surface area contributed by atoms with E-state index in [1.807, 2.05) is 67.6 Å². The molecule has 0 bridgehead atoms. The Morgan fingerprint density at radius 3 is 2.62 bits per heavy atom. The van der Waals surface area contributed by atoms with Crippen LogP contribution in [0.25, 0.3) is 6.08 Å². The van der Waals surface area contributed by atoms with Gasteiger partial charge in [0.05, 0.1) is 5.71 Å². The van der Waals surface area contributed by atoms with E-state index in [4.69, 9.17) is 11.1 Å². The van der Waals surface area contributed by atoms with E-state index in [2.05, 4.69) is 24.0 Å². The maximum atomic E-state index is 8.43. The second-order valence-corrected chi connectivity index (χ2v) is 6.30. The van der Waals surface area contributed by atoms with Crippen molar-refractivity contribution in [3.05, 3.63) is 77.9 Å². The lowest BCUT2D eigenvalue weighted by Gasteiger charge is -2.24. The molecule has 2 aromatic carbocycles. The number of hydrogen-bond donors (Lipinski definition) is 2. The summed E-state index contributed by atoms with van der Waals surface area (Å²) in [5.74, 6) is 0. The SMILES string of the molecule is C/C=C/CN(CCCC)c1ccc(N)c(C(=N)/C=C/c2ccccc2)c1. The van der Waals surface area contributed by atoms with Gasteiger partial charge in [-0.25, -0.2) is 0 Å². The number of nitrogens with two attached hydrogens (primary N) is 1. The highest BCUT2D eigenvalue weighted by molar-refractivity contribution is 6.12. The van der Waals surface area contributed by atoms with Crippen molar-refractivity contribution in [2.45, 2.75) is 26.7 Å². The standard InChI is InChI=1S/C23H29N3/c1-3-5-16-26(17-6-4-2)20-13-15-23(25)21(18-20)22(24)14-12-19-10-8-7-9-11-19/h3,5,7-15,18,24H,4,6,16-17,25H2,1-2H3/b5-3+,14-12+,24-22?. The molecule has 0 radical (unpaired) electrons. The van der Waals surface area contributed by atoms with Crippen molar-refractivity contribution in [1.29, 1.82) is 5.41 Å². The van der Waals surface area contributed by atoms with Crippen LogP contribution in [0.5, 0.6) is 0 Å². The molecule has 3 heteroatoms. The van der Waals surface area contributed by atoms with Crippen LogP contribution >= 0.6 is 0 Å². The molecule has 0 atom stereocenters. The first kappa shape index (κ1) is 19.5. The zero-order chi connectivity index (χ0) is 18.8. The molecule has 3 nitrogen and oxygen atoms in total. The molecule has 3 N–H and O–H groups in total. The summed E-state index contributed by atoms with van der Waals surface area (Å²) >= 11 is 0. The second-order valence-electron chi connectivity index (χ2n) is 6.30. The molecule has 0 unspecified atom stereocenters. The summed E-state index contributed by atoms with van der Waals surface area (Å²) in [5.41, 5.74) is 10.2. The summed E-state index contributed by atoms with van der Waals surface area (Å²) in [5, 5.41) is 8.43. The number of nitrogens with one attached hydrogen (secondary N) is 1. The molecule has 2 rings (SSSR count). The molecule has 0 saturated carbocycles. The van der Waals surface area contributed by atoms with Crippen LogP contribution in [0.3, 0.4) is 0 Å². The van der Waals surface area contributed by atoms with E-state index >= 15 is 0 Å². The number of rotatable bonds is 9. The first-order valence-electron chi connectivity index (χ1n) is 9.23. The molecule has 0 fully saturated rings. The molecule has 136 valence electrons. The number of hydrogen-bond acceptors (Lipinski definition) is 3. The van der Waals surface area contributed by atoms with Crippen LogP contribution in [0, 0.1) is 5.41 Å². The van der Waals surface area contributed by atoms with E-state index in [0.29, 0.717) is 11.4 Å². The Kier molecular flexibility index (Phi) is 7.69. The molecule has 0 aliphatic heterocycles. The lowest BCUT2D eigenvalue weighted by atomic mass is 10.0. The molecule has 0 aliphatic rings. The first-order chi connectivity index (χ1) is 12.7. The predicted molar refractivity (Wildman–Crippen MR) is 115 cm³/mol. The lowest BCUT2D eigenvalue weighted by Crippen LogP contribution is -2.24. The molecular formula is C23H29N3. The van der Waals surface area contributed by atoms with Crippen LogP contribution < -0.4 is 10.6 Å². The quantitative estimate of drug-likeness (QED) is 0.356. The van der Waals surface area contributed by atoms with Gasteiger partial charge in [0, 0.05) is 30.0 Å². The van der Waals surface area contributed by atoms with E-state index in [-0.39, 0.29) is 0 Å². The van der Waals surface area contributed by atoms with Crippen LogP contribution in [0.2, 0.25) is 0 Å². The van der Waals surface area contributed by atoms with Gasteiger partial charge >= 0.3 is 0 Å². The number of benzene rings is 2. The Morgan fingerprint density at radius 2 is 1.92 bits per heavy atom. The first-order valence-corrected chi connectivity index (χ1v) is 9.23. The maximum absolute atomic E-state index is 8.43. The molecule has 0 aromatic heterocycles. The van der Waals surface area contributed by atoms with E-state index in [1.165, 1.54) is 0 Å². The molecule has 26 heavy (non-hydrogen) atoms. The molecule has 2 aromatic rings. The smallest absolute Gasteiger partial charge is 0.0633 e. The Hall–Kier alpha value is -2.81. The van der Waals surface area contributed by atoms with Crippen LogP contribution in [0.15, 0.2) is 66.8 Å². The largest absolute Gasteiger partial charge is 0.398 e. The molecule has 0 amide bonds. The fourth-order valence-electron chi connectivity index (χ4n) is 2.72. The number of nitrogens with zero attached hydrogens (tertiary/aromatic N) is 1. The minimum Gasteiger partial charge on any atom is -0.398 e. The molecule has 0 spiro atoms. The van der Waals surface area contributed by atoms with E-state index in [0.717, 1.165) is 42.7 Å². The zero-order valence-electron chi connectivity index (χ0n) is 15.8. The van der Waals surface area contributed by atoms with E-state index < -0.39 is 0 Å². The van der Waals surface area contributed by atoms with Crippen LogP contribution in [0.4, 0.5) is 11.4 Å². The van der Waals surface area contributed by atoms with Gasteiger partial charge in [-0.05, 0) is 43.2 Å². The second kappa shape index (κ2) is 10.2. The number of unbranched alkanes of at least 4 members (excludes halogenated alkanes) is 1. The van der Waals surface area contributed by atoms with Gasteiger partial charge < -0.3 is 16.0 Å². The highest BCUT2D eigenvalue weighted by atomic mass is 15.1. The van der Waals surface area contributed by atoms with Gasteiger partial charge in [0.25, 0.3) is 0 Å². The van der Waals surface area contributed by atoms with Crippen molar-refractivity contribution in [3.63, 3.8) is 0 Å². The van der Waals surface area contributed by atoms with E-state index in [1.54, 1.807) is 0 Å². The van der Waals surface area contributed by atoms with Crippen LogP contribution in [0.1, 0.15) is 37.8 Å². The summed E-state index contributed by atoms with van der Waals surface area (Å²) in [6.07, 6.45) is 10.3. The third-order valence-corrected chi connectivity index (χ3v) is 4.28. The van der Waals surface area contributed by atoms with E-state index in [9.17, 15) is 0 Å². The Bertz CT molecular complexity index is 760. The Labute approximate surface area is 157 Å². The van der Waals surface area contributed by atoms with Gasteiger partial charge in [-0.15, -0.1) is 0 Å². The predicted octanol–water partition coefficient (Wildman–Crippen LogP) is 5.53. The lowest BCUT2D eigenvalue weighted by molar-refractivity contribution is 0.746. The van der Waals surface area contributed by atoms with Crippen molar-refractivity contribution in [2.75, 3.05) is 23.7 Å². The monoisotopic (exact) mass is 347 g/mol. The van der Waals surface area contributed by atoms with Gasteiger partial charge in [0.2, 0.25) is 0 Å². The topological polar surface area (TPSA) is 53.1 Å². The summed E-state index contributed by atoms with van der Waals surface area (Å²) < 4.78 is 0. The minimum atomic E-state index is 0.426. The zero-order valence-corrected chi connectivity index (χ0v) is 15.8. The minimum absolute atomic E-state index is 0.426. The molecule has 0 heterocycles. The van der Waals surface area contributed by atoms with Crippen molar-refractivity contribution in [3.8, 4) is 0 Å². The average Bonchev–Trinajstić information content (AvgIpc) is 2.67. The average molecular weight is 348 g/mol. The molecule has 0 saturated heterocycles. The summed E-state index contributed by atoms with van der Waals surface area (Å²) in [6, 6.07) is 16.0. The van der Waals surface area contributed by atoms with Crippen molar-refractivity contribution in [1.82, 2.24) is 0 Å². The van der Waals surface area contributed by atoms with Gasteiger partial charge in [0.1, 0.15) is 0 Å². The fraction of sp³-hybridized carbons (Fsp3) is 0.261. The fourth-order valence-corrected chi connectivity index (χ4v) is 2.72. The van der Waals surface area contributed by atoms with Gasteiger partial charge in [0.15, 0.2) is 0 Å². The Balaban J connectivity index is 2.24. The normalized spacial score (nSPS) is 11.3. The highest BCUT2D eigenvalue weighted by Gasteiger charge is 2.09. The summed E-state index contributed by atoms with van der Waals surface area (Å²) in [6.45, 7) is 6.10. The number of nitrogen functional groups attached to an aromatic ring is 1. The molecular weight excluding hydrogens is 318 g/mol.